The van der Waals surface area contributed by atoms with Crippen LogP contribution in [0.5, 0.6) is 0 Å². The third kappa shape index (κ3) is 2.08. The highest BCUT2D eigenvalue weighted by molar-refractivity contribution is 6.32. The van der Waals surface area contributed by atoms with Crippen molar-refractivity contribution in [2.24, 2.45) is 0 Å². The third-order valence-corrected chi connectivity index (χ3v) is 3.17. The van der Waals surface area contributed by atoms with E-state index in [1.54, 1.807) is 18.3 Å². The Bertz CT molecular complexity index is 741. The van der Waals surface area contributed by atoms with Crippen molar-refractivity contribution in [1.82, 2.24) is 20.0 Å². The van der Waals surface area contributed by atoms with Gasteiger partial charge in [0.2, 0.25) is 0 Å². The molecule has 0 unspecified atom stereocenters. The van der Waals surface area contributed by atoms with Crippen molar-refractivity contribution in [3.8, 4) is 17.1 Å². The highest BCUT2D eigenvalue weighted by atomic mass is 35.5. The maximum Gasteiger partial charge on any atom is 0.177 e. The SMILES string of the molecule is O=Cc1c(-c2ccccc2)nn(-c2cccnn2)c1Cl. The average molecular weight is 285 g/mol. The van der Waals surface area contributed by atoms with Crippen molar-refractivity contribution in [3.63, 3.8) is 0 Å². The molecule has 0 fully saturated rings. The van der Waals surface area contributed by atoms with Crippen LogP contribution in [-0.4, -0.2) is 26.3 Å². The molecule has 0 atom stereocenters. The monoisotopic (exact) mass is 284 g/mol. The predicted octanol–water partition coefficient (Wildman–Crippen LogP) is 2.80. The first-order valence-corrected chi connectivity index (χ1v) is 6.26. The largest absolute Gasteiger partial charge is 0.298 e. The summed E-state index contributed by atoms with van der Waals surface area (Å²) in [6.07, 6.45) is 2.25. The number of rotatable bonds is 3. The molecule has 0 aliphatic carbocycles. The number of hydrogen-bond donors (Lipinski definition) is 0. The molecule has 0 aliphatic heterocycles. The van der Waals surface area contributed by atoms with Crippen LogP contribution < -0.4 is 0 Å². The summed E-state index contributed by atoms with van der Waals surface area (Å²) in [6, 6.07) is 12.8. The number of halogens is 1. The molecule has 0 N–H and O–H groups in total. The van der Waals surface area contributed by atoms with Gasteiger partial charge in [0.1, 0.15) is 10.8 Å². The zero-order chi connectivity index (χ0) is 13.9. The van der Waals surface area contributed by atoms with E-state index in [-0.39, 0.29) is 5.15 Å². The first-order chi connectivity index (χ1) is 9.81. The van der Waals surface area contributed by atoms with Crippen LogP contribution >= 0.6 is 11.6 Å². The molecule has 0 saturated heterocycles. The number of carbonyl (C=O) groups is 1. The molecule has 6 heteroatoms. The van der Waals surface area contributed by atoms with Gasteiger partial charge in [-0.05, 0) is 12.1 Å². The third-order valence-electron chi connectivity index (χ3n) is 2.80. The molecule has 3 aromatic rings. The Morgan fingerprint density at radius 2 is 1.90 bits per heavy atom. The summed E-state index contributed by atoms with van der Waals surface area (Å²) < 4.78 is 1.40. The quantitative estimate of drug-likeness (QED) is 0.694. The fourth-order valence-electron chi connectivity index (χ4n) is 1.88. The molecule has 20 heavy (non-hydrogen) atoms. The van der Waals surface area contributed by atoms with Gasteiger partial charge in [-0.25, -0.2) is 4.68 Å². The minimum absolute atomic E-state index is 0.222. The fourth-order valence-corrected chi connectivity index (χ4v) is 2.14. The summed E-state index contributed by atoms with van der Waals surface area (Å²) in [6.45, 7) is 0. The van der Waals surface area contributed by atoms with E-state index in [2.05, 4.69) is 15.3 Å². The number of hydrogen-bond acceptors (Lipinski definition) is 4. The fraction of sp³-hybridized carbons (Fsp3) is 0. The van der Waals surface area contributed by atoms with Gasteiger partial charge in [-0.15, -0.1) is 5.10 Å². The molecule has 5 nitrogen and oxygen atoms in total. The zero-order valence-corrected chi connectivity index (χ0v) is 11.0. The highest BCUT2D eigenvalue weighted by Crippen LogP contribution is 2.28. The number of aldehydes is 1. The van der Waals surface area contributed by atoms with Crippen LogP contribution in [0.15, 0.2) is 48.7 Å². The topological polar surface area (TPSA) is 60.7 Å². The summed E-state index contributed by atoms with van der Waals surface area (Å²) in [7, 11) is 0. The van der Waals surface area contributed by atoms with Crippen LogP contribution in [0.4, 0.5) is 0 Å². The predicted molar refractivity (Wildman–Crippen MR) is 75.0 cm³/mol. The molecule has 98 valence electrons. The second-order valence-electron chi connectivity index (χ2n) is 4.03. The van der Waals surface area contributed by atoms with Gasteiger partial charge in [0, 0.05) is 11.8 Å². The van der Waals surface area contributed by atoms with Crippen molar-refractivity contribution < 1.29 is 4.79 Å². The Labute approximate surface area is 119 Å². The van der Waals surface area contributed by atoms with Gasteiger partial charge in [0.15, 0.2) is 12.1 Å². The Balaban J connectivity index is 2.21. The Morgan fingerprint density at radius 3 is 2.55 bits per heavy atom. The second-order valence-corrected chi connectivity index (χ2v) is 4.39. The van der Waals surface area contributed by atoms with Crippen LogP contribution in [-0.2, 0) is 0 Å². The van der Waals surface area contributed by atoms with Crippen molar-refractivity contribution in [2.75, 3.05) is 0 Å². The van der Waals surface area contributed by atoms with Gasteiger partial charge in [-0.1, -0.05) is 41.9 Å². The summed E-state index contributed by atoms with van der Waals surface area (Å²) in [5.74, 6) is 0.461. The van der Waals surface area contributed by atoms with Crippen LogP contribution in [0.25, 0.3) is 17.1 Å². The van der Waals surface area contributed by atoms with Crippen LogP contribution in [0.1, 0.15) is 10.4 Å². The van der Waals surface area contributed by atoms with Gasteiger partial charge in [0.25, 0.3) is 0 Å². The smallest absolute Gasteiger partial charge is 0.177 e. The molecule has 2 aromatic heterocycles. The summed E-state index contributed by atoms with van der Waals surface area (Å²) in [4.78, 5) is 11.3. The van der Waals surface area contributed by atoms with Crippen LogP contribution in [0.3, 0.4) is 0 Å². The van der Waals surface area contributed by atoms with Crippen molar-refractivity contribution in [1.29, 1.82) is 0 Å². The maximum atomic E-state index is 11.3. The second kappa shape index (κ2) is 5.22. The van der Waals surface area contributed by atoms with E-state index in [1.807, 2.05) is 30.3 Å². The van der Waals surface area contributed by atoms with E-state index in [0.29, 0.717) is 23.4 Å². The molecule has 0 bridgehead atoms. The van der Waals surface area contributed by atoms with Gasteiger partial charge in [0.05, 0.1) is 5.56 Å². The van der Waals surface area contributed by atoms with Crippen LogP contribution in [0, 0.1) is 0 Å². The number of aromatic nitrogens is 4. The van der Waals surface area contributed by atoms with Crippen molar-refractivity contribution in [2.45, 2.75) is 0 Å². The van der Waals surface area contributed by atoms with E-state index < -0.39 is 0 Å². The normalized spacial score (nSPS) is 10.4. The van der Waals surface area contributed by atoms with Crippen LogP contribution in [0.2, 0.25) is 5.15 Å². The minimum atomic E-state index is 0.222. The highest BCUT2D eigenvalue weighted by Gasteiger charge is 2.18. The lowest BCUT2D eigenvalue weighted by Gasteiger charge is -1.99. The molecule has 0 spiro atoms. The van der Waals surface area contributed by atoms with Gasteiger partial charge < -0.3 is 0 Å². The molecule has 1 aromatic carbocycles. The van der Waals surface area contributed by atoms with Crippen molar-refractivity contribution in [3.05, 3.63) is 59.4 Å². The molecule has 0 aliphatic rings. The van der Waals surface area contributed by atoms with E-state index in [9.17, 15) is 4.79 Å². The number of nitrogens with zero attached hydrogens (tertiary/aromatic N) is 4. The number of carbonyl (C=O) groups excluding carboxylic acids is 1. The number of benzene rings is 1. The lowest BCUT2D eigenvalue weighted by Crippen LogP contribution is -2.00. The Hall–Kier alpha value is -2.53. The Morgan fingerprint density at radius 1 is 1.10 bits per heavy atom. The maximum absolute atomic E-state index is 11.3. The molecular weight excluding hydrogens is 276 g/mol. The van der Waals surface area contributed by atoms with E-state index in [0.717, 1.165) is 5.56 Å². The standard InChI is InChI=1S/C14H9ClN4O/c15-14-11(9-20)13(10-5-2-1-3-6-10)18-19(14)12-7-4-8-16-17-12/h1-9H. The zero-order valence-electron chi connectivity index (χ0n) is 10.3. The van der Waals surface area contributed by atoms with Gasteiger partial charge in [-0.3, -0.25) is 4.79 Å². The first kappa shape index (κ1) is 12.5. The molecule has 0 radical (unpaired) electrons. The molecule has 0 amide bonds. The van der Waals surface area contributed by atoms with Gasteiger partial charge in [-0.2, -0.15) is 10.2 Å². The molecular formula is C14H9ClN4O. The lowest BCUT2D eigenvalue weighted by atomic mass is 10.1. The lowest BCUT2D eigenvalue weighted by molar-refractivity contribution is 0.112. The first-order valence-electron chi connectivity index (χ1n) is 5.88. The summed E-state index contributed by atoms with van der Waals surface area (Å²) >= 11 is 6.22. The summed E-state index contributed by atoms with van der Waals surface area (Å²) in [5.41, 5.74) is 1.68. The van der Waals surface area contributed by atoms with Gasteiger partial charge >= 0.3 is 0 Å². The average Bonchev–Trinajstić information content (AvgIpc) is 2.86. The summed E-state index contributed by atoms with van der Waals surface area (Å²) in [5, 5.41) is 12.3. The molecule has 0 saturated carbocycles. The van der Waals surface area contributed by atoms with E-state index in [4.69, 9.17) is 11.6 Å². The van der Waals surface area contributed by atoms with E-state index >= 15 is 0 Å². The molecule has 3 rings (SSSR count). The minimum Gasteiger partial charge on any atom is -0.298 e. The van der Waals surface area contributed by atoms with E-state index in [1.165, 1.54) is 4.68 Å². The van der Waals surface area contributed by atoms with Crippen molar-refractivity contribution >= 4 is 17.9 Å². The molecule has 2 heterocycles. The Kier molecular flexibility index (Phi) is 3.26.